The lowest BCUT2D eigenvalue weighted by Gasteiger charge is -2.31. The van der Waals surface area contributed by atoms with Crippen molar-refractivity contribution in [2.75, 3.05) is 13.2 Å². The molecule has 182 valence electrons. The van der Waals surface area contributed by atoms with Gasteiger partial charge in [-0.2, -0.15) is 0 Å². The van der Waals surface area contributed by atoms with E-state index >= 15 is 0 Å². The van der Waals surface area contributed by atoms with Crippen LogP contribution >= 0.6 is 46.4 Å². The average Bonchev–Trinajstić information content (AvgIpc) is 3.30. The molecule has 0 saturated heterocycles. The number of benzene rings is 3. The molecule has 0 saturated carbocycles. The summed E-state index contributed by atoms with van der Waals surface area (Å²) >= 11 is 25.3. The molecule has 4 rings (SSSR count). The van der Waals surface area contributed by atoms with Crippen LogP contribution in [-0.4, -0.2) is 34.3 Å². The van der Waals surface area contributed by atoms with E-state index < -0.39 is 11.6 Å². The number of rotatable bonds is 9. The van der Waals surface area contributed by atoms with Crippen LogP contribution in [0.5, 0.6) is 0 Å². The van der Waals surface area contributed by atoms with Crippen molar-refractivity contribution in [2.45, 2.75) is 18.2 Å². The summed E-state index contributed by atoms with van der Waals surface area (Å²) in [5.74, 6) is -0.502. The highest BCUT2D eigenvalue weighted by Gasteiger charge is 2.30. The number of ether oxygens (including phenoxy) is 1. The molecule has 0 aromatic heterocycles. The molecular weight excluding hydrogens is 533 g/mol. The molecule has 1 aliphatic rings. The number of nitrogens with zero attached hydrogens (tertiary/aromatic N) is 2. The number of carbonyl (C=O) groups is 1. The van der Waals surface area contributed by atoms with Gasteiger partial charge in [0.2, 0.25) is 0 Å². The minimum atomic E-state index is -0.593. The van der Waals surface area contributed by atoms with Crippen LogP contribution in [0, 0.1) is 5.82 Å². The first kappa shape index (κ1) is 25.8. The van der Waals surface area contributed by atoms with E-state index in [1.165, 1.54) is 24.3 Å². The molecule has 0 amide bonds. The Hall–Kier alpha value is -2.28. The molecule has 0 spiro atoms. The van der Waals surface area contributed by atoms with Crippen LogP contribution in [0.3, 0.4) is 0 Å². The van der Waals surface area contributed by atoms with E-state index in [2.05, 4.69) is 0 Å². The SMILES string of the molecule is O=C(CN1C=CN(C(Cl)C(OCc2ccc(Cl)cc2Cl)c2ccc(Cl)cc2)C1)c1ccc(F)cc1. The number of halogens is 5. The molecule has 0 N–H and O–H groups in total. The van der Waals surface area contributed by atoms with E-state index in [-0.39, 0.29) is 24.8 Å². The lowest BCUT2D eigenvalue weighted by molar-refractivity contribution is 0.00699. The third kappa shape index (κ3) is 6.69. The van der Waals surface area contributed by atoms with Crippen LogP contribution in [0.1, 0.15) is 27.6 Å². The third-order valence-corrected chi connectivity index (χ3v) is 6.84. The number of ketones is 1. The van der Waals surface area contributed by atoms with Gasteiger partial charge in [-0.05, 0) is 59.7 Å². The van der Waals surface area contributed by atoms with Gasteiger partial charge in [0, 0.05) is 33.0 Å². The molecule has 0 fully saturated rings. The first-order valence-corrected chi connectivity index (χ1v) is 12.3. The first-order valence-electron chi connectivity index (χ1n) is 10.7. The summed E-state index contributed by atoms with van der Waals surface area (Å²) in [5.41, 5.74) is 1.48. The Balaban J connectivity index is 1.45. The van der Waals surface area contributed by atoms with Crippen molar-refractivity contribution in [1.82, 2.24) is 9.80 Å². The van der Waals surface area contributed by atoms with Crippen LogP contribution in [0.25, 0.3) is 0 Å². The van der Waals surface area contributed by atoms with Gasteiger partial charge >= 0.3 is 0 Å². The monoisotopic (exact) mass is 552 g/mol. The van der Waals surface area contributed by atoms with Crippen molar-refractivity contribution >= 4 is 52.2 Å². The molecule has 3 aromatic carbocycles. The zero-order chi connectivity index (χ0) is 24.9. The van der Waals surface area contributed by atoms with E-state index in [4.69, 9.17) is 51.1 Å². The van der Waals surface area contributed by atoms with Crippen molar-refractivity contribution in [2.24, 2.45) is 0 Å². The second-order valence-electron chi connectivity index (χ2n) is 8.02. The molecular formula is C26H21Cl4FN2O2. The van der Waals surface area contributed by atoms with Gasteiger partial charge in [-0.25, -0.2) is 4.39 Å². The number of alkyl halides is 1. The van der Waals surface area contributed by atoms with E-state index in [1.807, 2.05) is 34.2 Å². The van der Waals surface area contributed by atoms with Crippen molar-refractivity contribution in [1.29, 1.82) is 0 Å². The van der Waals surface area contributed by atoms with Gasteiger partial charge in [0.25, 0.3) is 0 Å². The Labute approximate surface area is 223 Å². The molecule has 35 heavy (non-hydrogen) atoms. The molecule has 0 radical (unpaired) electrons. The fraction of sp³-hybridized carbons (Fsp3) is 0.192. The van der Waals surface area contributed by atoms with Crippen LogP contribution < -0.4 is 0 Å². The highest BCUT2D eigenvalue weighted by atomic mass is 35.5. The number of hydrogen-bond acceptors (Lipinski definition) is 4. The summed E-state index contributed by atoms with van der Waals surface area (Å²) in [7, 11) is 0. The Kier molecular flexibility index (Phi) is 8.58. The van der Waals surface area contributed by atoms with E-state index in [0.29, 0.717) is 27.3 Å². The summed E-state index contributed by atoms with van der Waals surface area (Å²) in [6.07, 6.45) is 3.08. The Morgan fingerprint density at radius 2 is 1.63 bits per heavy atom. The quantitative estimate of drug-likeness (QED) is 0.156. The highest BCUT2D eigenvalue weighted by molar-refractivity contribution is 6.35. The molecule has 1 heterocycles. The average molecular weight is 554 g/mol. The molecule has 1 aliphatic heterocycles. The van der Waals surface area contributed by atoms with Crippen LogP contribution in [-0.2, 0) is 11.3 Å². The highest BCUT2D eigenvalue weighted by Crippen LogP contribution is 2.33. The summed E-state index contributed by atoms with van der Waals surface area (Å²) in [5, 5.41) is 1.65. The number of Topliss-reactive ketones (excluding diaryl/α,β-unsaturated/α-hetero) is 1. The normalized spacial score (nSPS) is 14.9. The standard InChI is InChI=1S/C26H21Cl4FN2O2/c27-20-6-1-18(2-7-20)25(35-15-19-3-8-21(28)13-23(19)29)26(30)33-12-11-32(16-33)14-24(34)17-4-9-22(31)10-5-17/h1-13,25-26H,14-16H2. The van der Waals surface area contributed by atoms with Gasteiger partial charge in [0.05, 0.1) is 19.8 Å². The summed E-state index contributed by atoms with van der Waals surface area (Å²) in [6.45, 7) is 0.738. The molecule has 2 atom stereocenters. The number of hydrogen-bond donors (Lipinski definition) is 0. The minimum Gasteiger partial charge on any atom is -0.365 e. The van der Waals surface area contributed by atoms with Gasteiger partial charge in [-0.3, -0.25) is 4.79 Å². The van der Waals surface area contributed by atoms with Crippen LogP contribution in [0.15, 0.2) is 79.1 Å². The van der Waals surface area contributed by atoms with Crippen LogP contribution in [0.2, 0.25) is 15.1 Å². The lowest BCUT2D eigenvalue weighted by atomic mass is 10.1. The lowest BCUT2D eigenvalue weighted by Crippen LogP contribution is -2.37. The van der Waals surface area contributed by atoms with Gasteiger partial charge in [0.15, 0.2) is 5.78 Å². The smallest absolute Gasteiger partial charge is 0.182 e. The predicted octanol–water partition coefficient (Wildman–Crippen LogP) is 7.54. The van der Waals surface area contributed by atoms with Gasteiger partial charge in [0.1, 0.15) is 17.4 Å². The summed E-state index contributed by atoms with van der Waals surface area (Å²) in [4.78, 5) is 16.3. The maximum absolute atomic E-state index is 13.2. The Bertz CT molecular complexity index is 1200. The van der Waals surface area contributed by atoms with Crippen LogP contribution in [0.4, 0.5) is 4.39 Å². The molecule has 4 nitrogen and oxygen atoms in total. The van der Waals surface area contributed by atoms with Crippen molar-refractivity contribution in [3.63, 3.8) is 0 Å². The molecule has 0 bridgehead atoms. The molecule has 3 aromatic rings. The fourth-order valence-corrected chi connectivity index (χ4v) is 4.57. The maximum Gasteiger partial charge on any atom is 0.182 e. The zero-order valence-electron chi connectivity index (χ0n) is 18.4. The van der Waals surface area contributed by atoms with Crippen molar-refractivity contribution in [3.8, 4) is 0 Å². The van der Waals surface area contributed by atoms with Gasteiger partial charge in [-0.15, -0.1) is 0 Å². The topological polar surface area (TPSA) is 32.8 Å². The van der Waals surface area contributed by atoms with Gasteiger partial charge in [-0.1, -0.05) is 64.6 Å². The largest absolute Gasteiger partial charge is 0.365 e. The Morgan fingerprint density at radius 1 is 0.943 bits per heavy atom. The zero-order valence-corrected chi connectivity index (χ0v) is 21.4. The second-order valence-corrected chi connectivity index (χ2v) is 9.75. The molecule has 2 unspecified atom stereocenters. The Morgan fingerprint density at radius 3 is 2.31 bits per heavy atom. The van der Waals surface area contributed by atoms with E-state index in [1.54, 1.807) is 30.5 Å². The van der Waals surface area contributed by atoms with E-state index in [9.17, 15) is 9.18 Å². The summed E-state index contributed by atoms with van der Waals surface area (Å²) in [6, 6.07) is 18.0. The maximum atomic E-state index is 13.2. The van der Waals surface area contributed by atoms with Gasteiger partial charge < -0.3 is 14.5 Å². The predicted molar refractivity (Wildman–Crippen MR) is 138 cm³/mol. The van der Waals surface area contributed by atoms with Crippen molar-refractivity contribution in [3.05, 3.63) is 117 Å². The minimum absolute atomic E-state index is 0.120. The fourth-order valence-electron chi connectivity index (χ4n) is 3.64. The second kappa shape index (κ2) is 11.6. The molecule has 0 aliphatic carbocycles. The number of carbonyl (C=O) groups excluding carboxylic acids is 1. The van der Waals surface area contributed by atoms with E-state index in [0.717, 1.165) is 11.1 Å². The van der Waals surface area contributed by atoms with Crippen molar-refractivity contribution < 1.29 is 13.9 Å². The first-order chi connectivity index (χ1) is 16.8. The molecule has 9 heteroatoms. The third-order valence-electron chi connectivity index (χ3n) is 5.53. The summed E-state index contributed by atoms with van der Waals surface area (Å²) < 4.78 is 19.4.